The van der Waals surface area contributed by atoms with Gasteiger partial charge in [-0.15, -0.1) is 0 Å². The van der Waals surface area contributed by atoms with Gasteiger partial charge in [0, 0.05) is 11.0 Å². The largest absolute Gasteiger partial charge is 0.486 e. The van der Waals surface area contributed by atoms with Crippen LogP contribution in [0.5, 0.6) is 11.5 Å². The fourth-order valence-corrected chi connectivity index (χ4v) is 2.83. The Kier molecular flexibility index (Phi) is 3.04. The van der Waals surface area contributed by atoms with Gasteiger partial charge in [-0.05, 0) is 25.0 Å². The molecule has 21 heavy (non-hydrogen) atoms. The molecule has 0 atom stereocenters. The topological polar surface area (TPSA) is 55.8 Å². The van der Waals surface area contributed by atoms with E-state index in [-0.39, 0.29) is 36.7 Å². The van der Waals surface area contributed by atoms with Crippen molar-refractivity contribution in [2.24, 2.45) is 0 Å². The molecule has 0 aromatic heterocycles. The molecule has 0 saturated heterocycles. The van der Waals surface area contributed by atoms with Crippen LogP contribution in [0.2, 0.25) is 0 Å². The fraction of sp³-hybridized carbons (Fsp3) is 0.500. The van der Waals surface area contributed by atoms with Crippen molar-refractivity contribution < 1.29 is 32.5 Å². The molecule has 0 amide bonds. The average molecular weight is 302 g/mol. The van der Waals surface area contributed by atoms with Crippen LogP contribution in [0.25, 0.3) is 0 Å². The van der Waals surface area contributed by atoms with E-state index >= 15 is 0 Å². The first-order valence-corrected chi connectivity index (χ1v) is 6.56. The number of benzene rings is 1. The van der Waals surface area contributed by atoms with Crippen molar-refractivity contribution in [3.63, 3.8) is 0 Å². The minimum Gasteiger partial charge on any atom is -0.486 e. The van der Waals surface area contributed by atoms with E-state index < -0.39 is 23.1 Å². The second-order valence-electron chi connectivity index (χ2n) is 5.36. The molecule has 1 fully saturated rings. The van der Waals surface area contributed by atoms with E-state index in [2.05, 4.69) is 0 Å². The summed E-state index contributed by atoms with van der Waals surface area (Å²) < 4.78 is 50.5. The van der Waals surface area contributed by atoms with Crippen LogP contribution in [0.15, 0.2) is 12.1 Å². The van der Waals surface area contributed by atoms with Gasteiger partial charge in [-0.25, -0.2) is 0 Å². The van der Waals surface area contributed by atoms with E-state index in [1.54, 1.807) is 0 Å². The standard InChI is InChI=1S/C14H13F3O4/c15-14(16,17)8-1-2-9-12(21-6-5-20-9)11(8)13(3-4-13)7-10(18)19/h1-2H,3-7H2,(H,18,19). The van der Waals surface area contributed by atoms with Crippen molar-refractivity contribution >= 4 is 5.97 Å². The van der Waals surface area contributed by atoms with Crippen LogP contribution in [0.3, 0.4) is 0 Å². The van der Waals surface area contributed by atoms with Crippen LogP contribution < -0.4 is 9.47 Å². The summed E-state index contributed by atoms with van der Waals surface area (Å²) in [5.41, 5.74) is -1.89. The van der Waals surface area contributed by atoms with E-state index in [4.69, 9.17) is 14.6 Å². The summed E-state index contributed by atoms with van der Waals surface area (Å²) in [5, 5.41) is 8.99. The van der Waals surface area contributed by atoms with Crippen LogP contribution in [0, 0.1) is 0 Å². The van der Waals surface area contributed by atoms with Gasteiger partial charge >= 0.3 is 12.1 Å². The monoisotopic (exact) mass is 302 g/mol. The molecule has 3 rings (SSSR count). The second-order valence-corrected chi connectivity index (χ2v) is 5.36. The molecule has 1 saturated carbocycles. The van der Waals surface area contributed by atoms with Gasteiger partial charge in [0.2, 0.25) is 0 Å². The molecule has 1 heterocycles. The molecular formula is C14H13F3O4. The van der Waals surface area contributed by atoms with Gasteiger partial charge in [-0.1, -0.05) is 0 Å². The third-order valence-corrected chi connectivity index (χ3v) is 3.89. The van der Waals surface area contributed by atoms with E-state index in [9.17, 15) is 18.0 Å². The molecule has 0 bridgehead atoms. The van der Waals surface area contributed by atoms with Crippen molar-refractivity contribution in [3.8, 4) is 11.5 Å². The van der Waals surface area contributed by atoms with Crippen molar-refractivity contribution in [1.29, 1.82) is 0 Å². The lowest BCUT2D eigenvalue weighted by molar-refractivity contribution is -0.141. The van der Waals surface area contributed by atoms with Gasteiger partial charge in [-0.3, -0.25) is 4.79 Å². The maximum atomic E-state index is 13.3. The van der Waals surface area contributed by atoms with Crippen LogP contribution in [-0.2, 0) is 16.4 Å². The summed E-state index contributed by atoms with van der Waals surface area (Å²) in [7, 11) is 0. The van der Waals surface area contributed by atoms with Gasteiger partial charge in [0.25, 0.3) is 0 Å². The Morgan fingerprint density at radius 1 is 1.24 bits per heavy atom. The van der Waals surface area contributed by atoms with Crippen LogP contribution in [0.4, 0.5) is 13.2 Å². The first-order valence-electron chi connectivity index (χ1n) is 6.56. The lowest BCUT2D eigenvalue weighted by Gasteiger charge is -2.27. The van der Waals surface area contributed by atoms with Crippen LogP contribution in [-0.4, -0.2) is 24.3 Å². The van der Waals surface area contributed by atoms with Gasteiger partial charge in [0.15, 0.2) is 11.5 Å². The molecule has 1 aromatic rings. The Labute approximate surface area is 118 Å². The van der Waals surface area contributed by atoms with Gasteiger partial charge in [-0.2, -0.15) is 13.2 Å². The molecule has 0 radical (unpaired) electrons. The first-order chi connectivity index (χ1) is 9.83. The van der Waals surface area contributed by atoms with Gasteiger partial charge in [0.05, 0.1) is 12.0 Å². The number of aliphatic carboxylic acids is 1. The van der Waals surface area contributed by atoms with Crippen molar-refractivity contribution in [3.05, 3.63) is 23.3 Å². The Morgan fingerprint density at radius 2 is 1.90 bits per heavy atom. The number of ether oxygens (including phenoxy) is 2. The summed E-state index contributed by atoms with van der Waals surface area (Å²) >= 11 is 0. The molecule has 0 unspecified atom stereocenters. The first kappa shape index (κ1) is 14.0. The van der Waals surface area contributed by atoms with E-state index in [1.807, 2.05) is 0 Å². The molecule has 1 aromatic carbocycles. The van der Waals surface area contributed by atoms with E-state index in [0.29, 0.717) is 12.8 Å². The number of hydrogen-bond donors (Lipinski definition) is 1. The molecule has 7 heteroatoms. The highest BCUT2D eigenvalue weighted by Crippen LogP contribution is 2.59. The molecular weight excluding hydrogens is 289 g/mol. The van der Waals surface area contributed by atoms with Crippen LogP contribution in [0.1, 0.15) is 30.4 Å². The molecule has 1 N–H and O–H groups in total. The molecule has 114 valence electrons. The fourth-order valence-electron chi connectivity index (χ4n) is 2.83. The molecule has 4 nitrogen and oxygen atoms in total. The minimum absolute atomic E-state index is 0.0508. The number of halogens is 3. The predicted molar refractivity (Wildman–Crippen MR) is 65.6 cm³/mol. The maximum Gasteiger partial charge on any atom is 0.416 e. The van der Waals surface area contributed by atoms with Crippen molar-refractivity contribution in [1.82, 2.24) is 0 Å². The highest BCUT2D eigenvalue weighted by Gasteiger charge is 2.53. The normalized spacial score (nSPS) is 19.2. The average Bonchev–Trinajstić information content (AvgIpc) is 3.16. The van der Waals surface area contributed by atoms with Gasteiger partial charge in [0.1, 0.15) is 13.2 Å². The zero-order valence-corrected chi connectivity index (χ0v) is 11.0. The lowest BCUT2D eigenvalue weighted by Crippen LogP contribution is -2.24. The summed E-state index contributed by atoms with van der Waals surface area (Å²) in [6.45, 7) is 0.425. The lowest BCUT2D eigenvalue weighted by atomic mass is 9.86. The number of hydrogen-bond acceptors (Lipinski definition) is 3. The second kappa shape index (κ2) is 4.54. The maximum absolute atomic E-state index is 13.3. The smallest absolute Gasteiger partial charge is 0.416 e. The molecule has 0 spiro atoms. The van der Waals surface area contributed by atoms with Crippen LogP contribution >= 0.6 is 0 Å². The number of alkyl halides is 3. The van der Waals surface area contributed by atoms with E-state index in [0.717, 1.165) is 6.07 Å². The minimum atomic E-state index is -4.56. The Balaban J connectivity index is 2.18. The number of rotatable bonds is 3. The number of fused-ring (bicyclic) bond motifs is 1. The quantitative estimate of drug-likeness (QED) is 0.932. The highest BCUT2D eigenvalue weighted by molar-refractivity contribution is 5.72. The van der Waals surface area contributed by atoms with Gasteiger partial charge < -0.3 is 14.6 Å². The molecule has 1 aliphatic carbocycles. The summed E-state index contributed by atoms with van der Waals surface area (Å²) in [4.78, 5) is 11.0. The predicted octanol–water partition coefficient (Wildman–Crippen LogP) is 2.98. The molecule has 1 aliphatic heterocycles. The van der Waals surface area contributed by atoms with Crippen molar-refractivity contribution in [2.75, 3.05) is 13.2 Å². The third kappa shape index (κ3) is 2.41. The number of carbonyl (C=O) groups is 1. The Morgan fingerprint density at radius 3 is 2.48 bits per heavy atom. The summed E-state index contributed by atoms with van der Waals surface area (Å²) in [6, 6.07) is 2.18. The highest BCUT2D eigenvalue weighted by atomic mass is 19.4. The number of carboxylic acids is 1. The Bertz CT molecular complexity index is 591. The Hall–Kier alpha value is -1.92. The van der Waals surface area contributed by atoms with Crippen molar-refractivity contribution in [2.45, 2.75) is 30.9 Å². The van der Waals surface area contributed by atoms with E-state index in [1.165, 1.54) is 6.07 Å². The zero-order valence-electron chi connectivity index (χ0n) is 11.0. The summed E-state index contributed by atoms with van der Waals surface area (Å²) in [5.74, 6) is -0.814. The number of carboxylic acid groups (broad SMARTS) is 1. The molecule has 2 aliphatic rings. The third-order valence-electron chi connectivity index (χ3n) is 3.89. The summed E-state index contributed by atoms with van der Waals surface area (Å²) in [6.07, 6.45) is -4.08. The SMILES string of the molecule is O=C(O)CC1(c2c(C(F)(F)F)ccc3c2OCCO3)CC1. The zero-order chi connectivity index (χ0) is 15.3.